The third kappa shape index (κ3) is 3.50. The van der Waals surface area contributed by atoms with Gasteiger partial charge in [0.2, 0.25) is 5.91 Å². The van der Waals surface area contributed by atoms with Gasteiger partial charge in [-0.1, -0.05) is 6.42 Å². The van der Waals surface area contributed by atoms with Crippen molar-refractivity contribution in [1.82, 2.24) is 10.2 Å². The average Bonchev–Trinajstić information content (AvgIpc) is 2.95. The summed E-state index contributed by atoms with van der Waals surface area (Å²) in [4.78, 5) is 14.7. The molecule has 2 fully saturated rings. The smallest absolute Gasteiger partial charge is 0.223 e. The fourth-order valence-corrected chi connectivity index (χ4v) is 4.12. The largest absolute Gasteiger partial charge is 0.355 e. The first-order valence-corrected chi connectivity index (χ1v) is 8.02. The summed E-state index contributed by atoms with van der Waals surface area (Å²) in [7, 11) is 0. The van der Waals surface area contributed by atoms with Crippen molar-refractivity contribution in [2.75, 3.05) is 13.1 Å². The van der Waals surface area contributed by atoms with Crippen molar-refractivity contribution >= 4 is 5.91 Å². The summed E-state index contributed by atoms with van der Waals surface area (Å²) in [6.45, 7) is 10.6. The van der Waals surface area contributed by atoms with Gasteiger partial charge in [0.25, 0.3) is 0 Å². The Morgan fingerprint density at radius 3 is 2.32 bits per heavy atom. The van der Waals surface area contributed by atoms with Crippen LogP contribution in [0.3, 0.4) is 0 Å². The van der Waals surface area contributed by atoms with Crippen molar-refractivity contribution in [2.45, 2.75) is 65.5 Å². The fraction of sp³-hybridized carbons (Fsp3) is 0.938. The lowest BCUT2D eigenvalue weighted by atomic mass is 9.88. The van der Waals surface area contributed by atoms with Crippen LogP contribution in [0.1, 0.15) is 53.4 Å². The van der Waals surface area contributed by atoms with Gasteiger partial charge >= 0.3 is 0 Å². The number of fused-ring (bicyclic) bond motifs is 2. The Balaban J connectivity index is 1.72. The fourth-order valence-electron chi connectivity index (χ4n) is 4.12. The topological polar surface area (TPSA) is 32.3 Å². The second kappa shape index (κ2) is 6.25. The highest BCUT2D eigenvalue weighted by molar-refractivity contribution is 5.79. The van der Waals surface area contributed by atoms with Crippen molar-refractivity contribution < 1.29 is 4.79 Å². The number of rotatable bonds is 6. The molecule has 0 spiro atoms. The van der Waals surface area contributed by atoms with E-state index in [1.807, 2.05) is 0 Å². The van der Waals surface area contributed by atoms with Crippen LogP contribution in [0.15, 0.2) is 0 Å². The Morgan fingerprint density at radius 1 is 1.16 bits per heavy atom. The minimum absolute atomic E-state index is 0.319. The zero-order valence-corrected chi connectivity index (χ0v) is 13.0. The Kier molecular flexibility index (Phi) is 4.88. The van der Waals surface area contributed by atoms with Gasteiger partial charge in [-0.2, -0.15) is 0 Å². The molecule has 2 saturated carbocycles. The number of nitrogens with zero attached hydrogens (tertiary/aromatic N) is 1. The summed E-state index contributed by atoms with van der Waals surface area (Å²) >= 11 is 0. The van der Waals surface area contributed by atoms with Crippen LogP contribution in [0.5, 0.6) is 0 Å². The van der Waals surface area contributed by atoms with Crippen molar-refractivity contribution in [3.05, 3.63) is 0 Å². The number of amides is 1. The lowest BCUT2D eigenvalue weighted by Gasteiger charge is -2.30. The van der Waals surface area contributed by atoms with E-state index < -0.39 is 0 Å². The predicted octanol–water partition coefficient (Wildman–Crippen LogP) is 2.66. The van der Waals surface area contributed by atoms with Crippen LogP contribution < -0.4 is 5.32 Å². The van der Waals surface area contributed by atoms with Gasteiger partial charge in [-0.3, -0.25) is 9.69 Å². The standard InChI is InChI=1S/C16H30N2O/c1-11(2)18(12(3)4)8-7-17-16(19)15-10-13-5-6-14(15)9-13/h11-15H,5-10H2,1-4H3,(H,17,19). The van der Waals surface area contributed by atoms with E-state index in [-0.39, 0.29) is 0 Å². The van der Waals surface area contributed by atoms with Gasteiger partial charge in [-0.05, 0) is 58.8 Å². The molecule has 0 aromatic carbocycles. The summed E-state index contributed by atoms with van der Waals surface area (Å²) in [5, 5.41) is 3.17. The molecule has 0 heterocycles. The molecule has 3 heteroatoms. The third-order valence-corrected chi connectivity index (χ3v) is 5.07. The minimum atomic E-state index is 0.319. The van der Waals surface area contributed by atoms with E-state index in [9.17, 15) is 4.79 Å². The van der Waals surface area contributed by atoms with Crippen molar-refractivity contribution in [2.24, 2.45) is 17.8 Å². The molecule has 1 amide bonds. The Morgan fingerprint density at radius 2 is 1.84 bits per heavy atom. The Bertz CT molecular complexity index is 306. The van der Waals surface area contributed by atoms with Crippen molar-refractivity contribution in [3.8, 4) is 0 Å². The van der Waals surface area contributed by atoms with Gasteiger partial charge in [0, 0.05) is 31.1 Å². The van der Waals surface area contributed by atoms with E-state index in [0.29, 0.717) is 29.8 Å². The molecular formula is C16H30N2O. The monoisotopic (exact) mass is 266 g/mol. The SMILES string of the molecule is CC(C)N(CCNC(=O)C1CC2CCC1C2)C(C)C. The molecule has 0 aromatic heterocycles. The van der Waals surface area contributed by atoms with Gasteiger partial charge in [-0.25, -0.2) is 0 Å². The molecule has 19 heavy (non-hydrogen) atoms. The van der Waals surface area contributed by atoms with Gasteiger partial charge in [-0.15, -0.1) is 0 Å². The molecule has 3 atom stereocenters. The predicted molar refractivity (Wildman–Crippen MR) is 78.9 cm³/mol. The number of hydrogen-bond acceptors (Lipinski definition) is 2. The summed E-state index contributed by atoms with van der Waals surface area (Å²) in [5.41, 5.74) is 0. The summed E-state index contributed by atoms with van der Waals surface area (Å²) < 4.78 is 0. The third-order valence-electron chi connectivity index (χ3n) is 5.07. The van der Waals surface area contributed by atoms with E-state index in [4.69, 9.17) is 0 Å². The van der Waals surface area contributed by atoms with Gasteiger partial charge in [0.15, 0.2) is 0 Å². The number of hydrogen-bond donors (Lipinski definition) is 1. The molecule has 3 nitrogen and oxygen atoms in total. The first-order valence-electron chi connectivity index (χ1n) is 8.02. The van der Waals surface area contributed by atoms with Crippen LogP contribution in [0, 0.1) is 17.8 Å². The molecule has 2 bridgehead atoms. The Hall–Kier alpha value is -0.570. The van der Waals surface area contributed by atoms with Crippen molar-refractivity contribution in [1.29, 1.82) is 0 Å². The molecule has 2 aliphatic carbocycles. The highest BCUT2D eigenvalue weighted by Crippen LogP contribution is 2.48. The molecule has 0 radical (unpaired) electrons. The van der Waals surface area contributed by atoms with Gasteiger partial charge in [0.05, 0.1) is 0 Å². The van der Waals surface area contributed by atoms with Crippen LogP contribution in [-0.4, -0.2) is 36.0 Å². The minimum Gasteiger partial charge on any atom is -0.355 e. The first kappa shape index (κ1) is 14.8. The number of carbonyl (C=O) groups is 1. The van der Waals surface area contributed by atoms with Crippen LogP contribution in [0.25, 0.3) is 0 Å². The lowest BCUT2D eigenvalue weighted by molar-refractivity contribution is -0.126. The summed E-state index contributed by atoms with van der Waals surface area (Å²) in [6, 6.07) is 1.08. The summed E-state index contributed by atoms with van der Waals surface area (Å²) in [5.74, 6) is 2.19. The molecule has 0 aromatic rings. The number of nitrogens with one attached hydrogen (secondary N) is 1. The molecule has 110 valence electrons. The van der Waals surface area contributed by atoms with E-state index in [1.54, 1.807) is 0 Å². The summed E-state index contributed by atoms with van der Waals surface area (Å²) in [6.07, 6.45) is 5.10. The highest BCUT2D eigenvalue weighted by Gasteiger charge is 2.42. The molecule has 2 aliphatic rings. The van der Waals surface area contributed by atoms with Crippen LogP contribution >= 0.6 is 0 Å². The van der Waals surface area contributed by atoms with E-state index >= 15 is 0 Å². The maximum Gasteiger partial charge on any atom is 0.223 e. The van der Waals surface area contributed by atoms with Crippen LogP contribution in [0.4, 0.5) is 0 Å². The van der Waals surface area contributed by atoms with E-state index in [0.717, 1.165) is 25.4 Å². The molecular weight excluding hydrogens is 236 g/mol. The lowest BCUT2D eigenvalue weighted by Crippen LogP contribution is -2.44. The highest BCUT2D eigenvalue weighted by atomic mass is 16.1. The van der Waals surface area contributed by atoms with Crippen molar-refractivity contribution in [3.63, 3.8) is 0 Å². The quantitative estimate of drug-likeness (QED) is 0.801. The van der Waals surface area contributed by atoms with Crippen LogP contribution in [-0.2, 0) is 4.79 Å². The maximum absolute atomic E-state index is 12.2. The molecule has 3 unspecified atom stereocenters. The molecule has 0 saturated heterocycles. The second-order valence-corrected chi connectivity index (χ2v) is 7.00. The second-order valence-electron chi connectivity index (χ2n) is 7.00. The number of carbonyl (C=O) groups excluding carboxylic acids is 1. The first-order chi connectivity index (χ1) is 8.99. The molecule has 0 aliphatic heterocycles. The average molecular weight is 266 g/mol. The van der Waals surface area contributed by atoms with E-state index in [1.165, 1.54) is 19.3 Å². The molecule has 2 rings (SSSR count). The Labute approximate surface area is 118 Å². The zero-order valence-electron chi connectivity index (χ0n) is 13.0. The van der Waals surface area contributed by atoms with Gasteiger partial charge in [0.1, 0.15) is 0 Å². The maximum atomic E-state index is 12.2. The zero-order chi connectivity index (χ0) is 14.0. The molecule has 1 N–H and O–H groups in total. The van der Waals surface area contributed by atoms with E-state index in [2.05, 4.69) is 37.9 Å². The van der Waals surface area contributed by atoms with Gasteiger partial charge < -0.3 is 5.32 Å². The van der Waals surface area contributed by atoms with Crippen LogP contribution in [0.2, 0.25) is 0 Å². The normalized spacial score (nSPS) is 29.7.